The number of halogens is 2. The van der Waals surface area contributed by atoms with Crippen LogP contribution in [0.5, 0.6) is 0 Å². The monoisotopic (exact) mass is 388 g/mol. The molecule has 0 radical (unpaired) electrons. The first-order chi connectivity index (χ1) is 8.15. The minimum atomic E-state index is -1.85. The maximum Gasteiger partial charge on any atom is 0.192 e. The molecule has 0 spiro atoms. The molecule has 2 atom stereocenters. The molecule has 1 unspecified atom stereocenters. The molecule has 0 aromatic heterocycles. The summed E-state index contributed by atoms with van der Waals surface area (Å²) in [7, 11) is -1.85. The number of hydrogen-bond donors (Lipinski definition) is 0. The van der Waals surface area contributed by atoms with Crippen molar-refractivity contribution in [3.8, 4) is 0 Å². The van der Waals surface area contributed by atoms with E-state index in [0.29, 0.717) is 4.43 Å². The molecule has 110 valence electrons. The lowest BCUT2D eigenvalue weighted by Crippen LogP contribution is -2.46. The molecule has 0 aromatic carbocycles. The summed E-state index contributed by atoms with van der Waals surface area (Å²) < 4.78 is 20.8. The minimum Gasteiger partial charge on any atom is -0.411 e. The van der Waals surface area contributed by atoms with E-state index >= 15 is 0 Å². The minimum absolute atomic E-state index is 0.154. The van der Waals surface area contributed by atoms with Crippen LogP contribution in [0, 0.1) is 0 Å². The second kappa shape index (κ2) is 8.20. The normalized spacial score (nSPS) is 16.7. The second-order valence-corrected chi connectivity index (χ2v) is 12.2. The molecule has 1 nitrogen and oxygen atoms in total. The maximum atomic E-state index is 14.0. The number of hydrogen-bond acceptors (Lipinski definition) is 1. The highest BCUT2D eigenvalue weighted by Crippen LogP contribution is 2.38. The molecule has 0 aromatic rings. The van der Waals surface area contributed by atoms with E-state index in [1.165, 1.54) is 12.8 Å². The fourth-order valence-electron chi connectivity index (χ4n) is 1.56. The molecule has 0 amide bonds. The summed E-state index contributed by atoms with van der Waals surface area (Å²) in [6.45, 7) is 13.2. The van der Waals surface area contributed by atoms with Crippen LogP contribution in [-0.2, 0) is 4.43 Å². The van der Waals surface area contributed by atoms with Crippen molar-refractivity contribution in [1.82, 2.24) is 0 Å². The summed E-state index contributed by atoms with van der Waals surface area (Å²) in [5.41, 5.74) is 0. The van der Waals surface area contributed by atoms with Gasteiger partial charge in [0.25, 0.3) is 0 Å². The van der Waals surface area contributed by atoms with Gasteiger partial charge in [-0.2, -0.15) is 0 Å². The zero-order chi connectivity index (χ0) is 14.4. The van der Waals surface area contributed by atoms with E-state index in [4.69, 9.17) is 4.43 Å². The fourth-order valence-corrected chi connectivity index (χ4v) is 3.51. The molecular weight excluding hydrogens is 358 g/mol. The van der Waals surface area contributed by atoms with E-state index in [9.17, 15) is 4.39 Å². The van der Waals surface area contributed by atoms with Crippen molar-refractivity contribution in [3.63, 3.8) is 0 Å². The predicted molar refractivity (Wildman–Crippen MR) is 90.0 cm³/mol. The van der Waals surface area contributed by atoms with Gasteiger partial charge >= 0.3 is 0 Å². The van der Waals surface area contributed by atoms with Gasteiger partial charge in [0.15, 0.2) is 8.32 Å². The van der Waals surface area contributed by atoms with E-state index in [1.807, 2.05) is 0 Å². The van der Waals surface area contributed by atoms with Gasteiger partial charge < -0.3 is 4.43 Å². The van der Waals surface area contributed by atoms with Crippen LogP contribution in [0.2, 0.25) is 18.1 Å². The number of rotatable bonds is 8. The molecule has 0 saturated heterocycles. The average Bonchev–Trinajstić information content (AvgIpc) is 2.25. The summed E-state index contributed by atoms with van der Waals surface area (Å²) in [5, 5.41) is 0.154. The summed E-state index contributed by atoms with van der Waals surface area (Å²) in [6, 6.07) is 0. The molecule has 0 heterocycles. The SMILES string of the molecule is CCCCC[C@H](O[Si](C)(C)C(C)(C)C)C(F)CI. The molecule has 0 aliphatic rings. The Kier molecular flexibility index (Phi) is 8.58. The number of alkyl halides is 2. The highest BCUT2D eigenvalue weighted by Gasteiger charge is 2.40. The first-order valence-corrected chi connectivity index (χ1v) is 11.5. The Morgan fingerprint density at radius 2 is 1.78 bits per heavy atom. The predicted octanol–water partition coefficient (Wildman–Crippen LogP) is 5.73. The van der Waals surface area contributed by atoms with Gasteiger partial charge in [0.1, 0.15) is 6.17 Å². The van der Waals surface area contributed by atoms with Crippen molar-refractivity contribution < 1.29 is 8.82 Å². The smallest absolute Gasteiger partial charge is 0.192 e. The lowest BCUT2D eigenvalue weighted by atomic mass is 10.1. The van der Waals surface area contributed by atoms with Crippen molar-refractivity contribution >= 4 is 30.9 Å². The first kappa shape index (κ1) is 18.8. The number of unbranched alkanes of at least 4 members (excludes halogenated alkanes) is 2. The van der Waals surface area contributed by atoms with Crippen molar-refractivity contribution in [2.24, 2.45) is 0 Å². The first-order valence-electron chi connectivity index (χ1n) is 7.03. The van der Waals surface area contributed by atoms with Crippen LogP contribution in [0.1, 0.15) is 53.4 Å². The molecule has 0 N–H and O–H groups in total. The molecule has 0 bridgehead atoms. The Bertz CT molecular complexity index is 228. The van der Waals surface area contributed by atoms with Gasteiger partial charge in [-0.1, -0.05) is 69.5 Å². The maximum absolute atomic E-state index is 14.0. The van der Waals surface area contributed by atoms with E-state index in [-0.39, 0.29) is 11.1 Å². The average molecular weight is 388 g/mol. The molecular formula is C14H30FIOSi. The molecule has 0 fully saturated rings. The Morgan fingerprint density at radius 3 is 2.17 bits per heavy atom. The van der Waals surface area contributed by atoms with Gasteiger partial charge in [-0.3, -0.25) is 0 Å². The van der Waals surface area contributed by atoms with Crippen LogP contribution in [0.4, 0.5) is 4.39 Å². The lowest BCUT2D eigenvalue weighted by Gasteiger charge is -2.40. The summed E-state index contributed by atoms with van der Waals surface area (Å²) in [6.07, 6.45) is 3.27. The Morgan fingerprint density at radius 1 is 1.22 bits per heavy atom. The quantitative estimate of drug-likeness (QED) is 0.223. The molecule has 4 heteroatoms. The summed E-state index contributed by atoms with van der Waals surface area (Å²) in [5.74, 6) is 0. The van der Waals surface area contributed by atoms with Gasteiger partial charge in [0.2, 0.25) is 0 Å². The van der Waals surface area contributed by atoms with Gasteiger partial charge in [0.05, 0.1) is 6.10 Å². The zero-order valence-corrected chi connectivity index (χ0v) is 16.0. The Labute approximate surface area is 128 Å². The van der Waals surface area contributed by atoms with Gasteiger partial charge in [-0.05, 0) is 24.6 Å². The van der Waals surface area contributed by atoms with Crippen molar-refractivity contribution in [2.75, 3.05) is 4.43 Å². The van der Waals surface area contributed by atoms with Crippen LogP contribution in [0.25, 0.3) is 0 Å². The lowest BCUT2D eigenvalue weighted by molar-refractivity contribution is 0.0907. The topological polar surface area (TPSA) is 9.23 Å². The van der Waals surface area contributed by atoms with Crippen LogP contribution < -0.4 is 0 Å². The summed E-state index contributed by atoms with van der Waals surface area (Å²) >= 11 is 2.12. The fraction of sp³-hybridized carbons (Fsp3) is 1.00. The molecule has 0 saturated carbocycles. The van der Waals surface area contributed by atoms with E-state index in [0.717, 1.165) is 12.8 Å². The summed E-state index contributed by atoms with van der Waals surface area (Å²) in [4.78, 5) is 0. The highest BCUT2D eigenvalue weighted by atomic mass is 127. The van der Waals surface area contributed by atoms with Gasteiger partial charge in [0, 0.05) is 4.43 Å². The van der Waals surface area contributed by atoms with E-state index < -0.39 is 14.5 Å². The third kappa shape index (κ3) is 6.33. The van der Waals surface area contributed by atoms with Crippen molar-refractivity contribution in [3.05, 3.63) is 0 Å². The van der Waals surface area contributed by atoms with Crippen LogP contribution >= 0.6 is 22.6 Å². The third-order valence-electron chi connectivity index (χ3n) is 3.90. The van der Waals surface area contributed by atoms with Crippen LogP contribution in [0.15, 0.2) is 0 Å². The van der Waals surface area contributed by atoms with Crippen molar-refractivity contribution in [1.29, 1.82) is 0 Å². The van der Waals surface area contributed by atoms with Crippen LogP contribution in [0.3, 0.4) is 0 Å². The van der Waals surface area contributed by atoms with Crippen molar-refractivity contribution in [2.45, 2.75) is 83.8 Å². The van der Waals surface area contributed by atoms with Crippen LogP contribution in [-0.4, -0.2) is 25.0 Å². The molecule has 0 rings (SSSR count). The largest absolute Gasteiger partial charge is 0.411 e. The molecule has 18 heavy (non-hydrogen) atoms. The van der Waals surface area contributed by atoms with E-state index in [2.05, 4.69) is 63.4 Å². The van der Waals surface area contributed by atoms with Gasteiger partial charge in [-0.15, -0.1) is 0 Å². The standard InChI is InChI=1S/C14H30FIOSi/c1-7-8-9-10-13(12(15)11-16)17-18(5,6)14(2,3)4/h12-13H,7-11H2,1-6H3/t12?,13-/m0/s1. The van der Waals surface area contributed by atoms with E-state index in [1.54, 1.807) is 0 Å². The molecule has 0 aliphatic heterocycles. The molecule has 0 aliphatic carbocycles. The Balaban J connectivity index is 4.58. The second-order valence-electron chi connectivity index (χ2n) is 6.58. The Hall–Kier alpha value is 0.837. The highest BCUT2D eigenvalue weighted by molar-refractivity contribution is 14.1. The van der Waals surface area contributed by atoms with Gasteiger partial charge in [-0.25, -0.2) is 4.39 Å². The zero-order valence-electron chi connectivity index (χ0n) is 12.9. The third-order valence-corrected chi connectivity index (χ3v) is 9.24.